The number of fused-ring (bicyclic) bond motifs is 3. The van der Waals surface area contributed by atoms with Gasteiger partial charge in [0.1, 0.15) is 12.1 Å². The molecule has 1 N–H and O–H groups in total. The van der Waals surface area contributed by atoms with E-state index in [0.29, 0.717) is 12.3 Å². The molecule has 1 heterocycles. The molecular weight excluding hydrogens is 366 g/mol. The van der Waals surface area contributed by atoms with Crippen molar-refractivity contribution in [1.82, 2.24) is 0 Å². The Hall–Kier alpha value is -2.86. The minimum Gasteiger partial charge on any atom is -0.379 e. The van der Waals surface area contributed by atoms with Crippen LogP contribution in [0.5, 0.6) is 0 Å². The highest BCUT2D eigenvalue weighted by Gasteiger charge is 2.40. The van der Waals surface area contributed by atoms with Crippen LogP contribution in [0, 0.1) is 11.8 Å². The predicted octanol–water partition coefficient (Wildman–Crippen LogP) is 4.93. The van der Waals surface area contributed by atoms with Gasteiger partial charge in [-0.2, -0.15) is 0 Å². The highest BCUT2D eigenvalue weighted by Crippen LogP contribution is 2.48. The van der Waals surface area contributed by atoms with Crippen LogP contribution in [0.3, 0.4) is 0 Å². The number of rotatable bonds is 3. The van der Waals surface area contributed by atoms with Crippen LogP contribution in [0.4, 0.5) is 0 Å². The third kappa shape index (κ3) is 3.25. The number of likely N-dealkylation sites (N-methyl/N-ethyl adjacent to an activating group) is 1. The highest BCUT2D eigenvalue weighted by molar-refractivity contribution is 5.80. The SMILES string of the molecule is C[N@+]1(CC#CCC2(O)c3ccccc3-c3ccccc32)CC[C@H](c2ccccc2)C1. The van der Waals surface area contributed by atoms with Crippen LogP contribution in [0.15, 0.2) is 78.9 Å². The summed E-state index contributed by atoms with van der Waals surface area (Å²) >= 11 is 0. The van der Waals surface area contributed by atoms with E-state index < -0.39 is 5.60 Å². The second-order valence-corrected chi connectivity index (χ2v) is 9.06. The molecule has 1 fully saturated rings. The van der Waals surface area contributed by atoms with E-state index in [1.165, 1.54) is 12.0 Å². The molecule has 2 aliphatic rings. The molecule has 1 aliphatic carbocycles. The largest absolute Gasteiger partial charge is 0.379 e. The first-order chi connectivity index (χ1) is 14.6. The van der Waals surface area contributed by atoms with Crippen LogP contribution >= 0.6 is 0 Å². The maximum absolute atomic E-state index is 11.6. The summed E-state index contributed by atoms with van der Waals surface area (Å²) in [6.07, 6.45) is 1.65. The first-order valence-electron chi connectivity index (χ1n) is 10.9. The van der Waals surface area contributed by atoms with E-state index in [1.54, 1.807) is 0 Å². The zero-order valence-corrected chi connectivity index (χ0v) is 17.5. The van der Waals surface area contributed by atoms with Crippen LogP contribution in [0.1, 0.15) is 35.4 Å². The quantitative estimate of drug-likeness (QED) is 0.493. The van der Waals surface area contributed by atoms with Crippen molar-refractivity contribution >= 4 is 0 Å². The lowest BCUT2D eigenvalue weighted by molar-refractivity contribution is -0.891. The van der Waals surface area contributed by atoms with Crippen molar-refractivity contribution in [2.75, 3.05) is 26.7 Å². The van der Waals surface area contributed by atoms with E-state index in [1.807, 2.05) is 36.4 Å². The van der Waals surface area contributed by atoms with E-state index in [0.717, 1.165) is 46.4 Å². The van der Waals surface area contributed by atoms with Gasteiger partial charge in [0.2, 0.25) is 0 Å². The number of aliphatic hydroxyl groups is 1. The first-order valence-corrected chi connectivity index (χ1v) is 10.9. The Morgan fingerprint density at radius 3 is 2.13 bits per heavy atom. The number of likely N-dealkylation sites (tertiary alicyclic amines) is 1. The third-order valence-corrected chi connectivity index (χ3v) is 6.91. The minimum absolute atomic E-state index is 0.434. The molecule has 2 atom stereocenters. The maximum atomic E-state index is 11.6. The van der Waals surface area contributed by atoms with Gasteiger partial charge in [0.15, 0.2) is 0 Å². The Balaban J connectivity index is 1.32. The topological polar surface area (TPSA) is 20.2 Å². The molecule has 150 valence electrons. The summed E-state index contributed by atoms with van der Waals surface area (Å²) in [5.74, 6) is 7.38. The zero-order chi connectivity index (χ0) is 20.6. The standard InChI is InChI=1S/C28H28NO/c1-29(20-17-23(21-29)22-11-3-2-4-12-22)19-10-9-18-28(30)26-15-7-5-13-24(26)25-14-6-8-16-27(25)28/h2-8,11-16,23,30H,17-21H2,1H3/q+1/t23-,29-/m0/s1. The van der Waals surface area contributed by atoms with E-state index >= 15 is 0 Å². The van der Waals surface area contributed by atoms with Crippen molar-refractivity contribution in [3.63, 3.8) is 0 Å². The number of benzene rings is 3. The molecule has 0 aromatic heterocycles. The van der Waals surface area contributed by atoms with Crippen molar-refractivity contribution in [3.05, 3.63) is 95.6 Å². The first kappa shape index (κ1) is 19.1. The molecule has 0 amide bonds. The third-order valence-electron chi connectivity index (χ3n) is 6.91. The summed E-state index contributed by atoms with van der Waals surface area (Å²) in [4.78, 5) is 0. The lowest BCUT2D eigenvalue weighted by Gasteiger charge is -2.27. The fourth-order valence-electron chi connectivity index (χ4n) is 5.25. The molecule has 0 bridgehead atoms. The van der Waals surface area contributed by atoms with Gasteiger partial charge in [-0.1, -0.05) is 84.8 Å². The Bertz CT molecular complexity index is 1080. The molecule has 0 saturated carbocycles. The van der Waals surface area contributed by atoms with E-state index in [4.69, 9.17) is 0 Å². The summed E-state index contributed by atoms with van der Waals surface area (Å²) in [5.41, 5.74) is 4.64. The van der Waals surface area contributed by atoms with Gasteiger partial charge in [0.25, 0.3) is 0 Å². The van der Waals surface area contributed by atoms with Gasteiger partial charge in [0, 0.05) is 18.8 Å². The molecular formula is C28H28NO+. The molecule has 1 saturated heterocycles. The average Bonchev–Trinajstić information content (AvgIpc) is 3.30. The second kappa shape index (κ2) is 7.43. The van der Waals surface area contributed by atoms with E-state index in [2.05, 4.69) is 61.4 Å². The van der Waals surface area contributed by atoms with Gasteiger partial charge in [0.05, 0.1) is 20.1 Å². The average molecular weight is 395 g/mol. The van der Waals surface area contributed by atoms with Crippen LogP contribution in [-0.4, -0.2) is 36.3 Å². The monoisotopic (exact) mass is 394 g/mol. The molecule has 0 radical (unpaired) electrons. The zero-order valence-electron chi connectivity index (χ0n) is 17.5. The molecule has 5 rings (SSSR count). The van der Waals surface area contributed by atoms with Crippen molar-refractivity contribution in [1.29, 1.82) is 0 Å². The molecule has 3 aromatic carbocycles. The molecule has 2 heteroatoms. The van der Waals surface area contributed by atoms with Crippen molar-refractivity contribution in [3.8, 4) is 23.0 Å². The fraction of sp³-hybridized carbons (Fsp3) is 0.286. The smallest absolute Gasteiger partial charge is 0.140 e. The molecule has 30 heavy (non-hydrogen) atoms. The normalized spacial score (nSPS) is 23.3. The Kier molecular flexibility index (Phi) is 4.74. The van der Waals surface area contributed by atoms with E-state index in [-0.39, 0.29) is 0 Å². The summed E-state index contributed by atoms with van der Waals surface area (Å²) in [6.45, 7) is 3.13. The Labute approximate surface area is 179 Å². The van der Waals surface area contributed by atoms with Gasteiger partial charge >= 0.3 is 0 Å². The Morgan fingerprint density at radius 2 is 1.47 bits per heavy atom. The Morgan fingerprint density at radius 1 is 0.867 bits per heavy atom. The molecule has 0 spiro atoms. The molecule has 0 unspecified atom stereocenters. The molecule has 1 aliphatic heterocycles. The number of hydrogen-bond donors (Lipinski definition) is 1. The van der Waals surface area contributed by atoms with Crippen molar-refractivity contribution in [2.45, 2.75) is 24.4 Å². The van der Waals surface area contributed by atoms with Crippen LogP contribution in [-0.2, 0) is 5.60 Å². The van der Waals surface area contributed by atoms with Gasteiger partial charge in [-0.05, 0) is 33.7 Å². The van der Waals surface area contributed by atoms with Gasteiger partial charge in [-0.15, -0.1) is 0 Å². The van der Waals surface area contributed by atoms with Crippen LogP contribution < -0.4 is 0 Å². The highest BCUT2D eigenvalue weighted by atomic mass is 16.3. The fourth-order valence-corrected chi connectivity index (χ4v) is 5.25. The summed E-state index contributed by atoms with van der Waals surface area (Å²) in [7, 11) is 2.31. The van der Waals surface area contributed by atoms with Crippen LogP contribution in [0.2, 0.25) is 0 Å². The van der Waals surface area contributed by atoms with Crippen LogP contribution in [0.25, 0.3) is 11.1 Å². The molecule has 2 nitrogen and oxygen atoms in total. The second-order valence-electron chi connectivity index (χ2n) is 9.06. The number of quaternary nitrogens is 1. The van der Waals surface area contributed by atoms with Crippen molar-refractivity contribution in [2.24, 2.45) is 0 Å². The predicted molar refractivity (Wildman–Crippen MR) is 122 cm³/mol. The van der Waals surface area contributed by atoms with E-state index in [9.17, 15) is 5.11 Å². The van der Waals surface area contributed by atoms with Gasteiger partial charge in [-0.25, -0.2) is 0 Å². The van der Waals surface area contributed by atoms with Gasteiger partial charge < -0.3 is 9.59 Å². The summed E-state index contributed by atoms with van der Waals surface area (Å²) in [6, 6.07) is 27.2. The number of nitrogens with zero attached hydrogens (tertiary/aromatic N) is 1. The minimum atomic E-state index is -1.02. The van der Waals surface area contributed by atoms with Crippen molar-refractivity contribution < 1.29 is 9.59 Å². The van der Waals surface area contributed by atoms with Gasteiger partial charge in [-0.3, -0.25) is 0 Å². The molecule has 3 aromatic rings. The lowest BCUT2D eigenvalue weighted by Crippen LogP contribution is -2.41. The number of hydrogen-bond acceptors (Lipinski definition) is 1. The summed E-state index contributed by atoms with van der Waals surface area (Å²) < 4.78 is 0.984. The maximum Gasteiger partial charge on any atom is 0.140 e. The lowest BCUT2D eigenvalue weighted by atomic mass is 9.88. The summed E-state index contributed by atoms with van der Waals surface area (Å²) in [5, 5.41) is 11.6.